The van der Waals surface area contributed by atoms with Crippen LogP contribution >= 0.6 is 11.3 Å². The molecule has 1 saturated heterocycles. The number of ether oxygens (including phenoxy) is 1. The molecule has 9 heteroatoms. The van der Waals surface area contributed by atoms with Gasteiger partial charge >= 0.3 is 5.97 Å². The molecule has 0 radical (unpaired) electrons. The number of esters is 1. The second kappa shape index (κ2) is 7.21. The van der Waals surface area contributed by atoms with E-state index in [1.54, 1.807) is 11.4 Å². The van der Waals surface area contributed by atoms with E-state index in [0.717, 1.165) is 11.3 Å². The molecule has 2 heterocycles. The van der Waals surface area contributed by atoms with Crippen molar-refractivity contribution in [1.82, 2.24) is 9.62 Å². The van der Waals surface area contributed by atoms with Crippen LogP contribution in [0.3, 0.4) is 0 Å². The van der Waals surface area contributed by atoms with E-state index in [0.29, 0.717) is 19.4 Å². The summed E-state index contributed by atoms with van der Waals surface area (Å²) in [7, 11) is -2.36. The molecule has 0 spiro atoms. The molecule has 0 bridgehead atoms. The zero-order valence-electron chi connectivity index (χ0n) is 12.1. The highest BCUT2D eigenvalue weighted by Gasteiger charge is 2.39. The highest BCUT2D eigenvalue weighted by atomic mass is 32.2. The fourth-order valence-electron chi connectivity index (χ4n) is 2.32. The van der Waals surface area contributed by atoms with Gasteiger partial charge in [0.15, 0.2) is 0 Å². The molecule has 1 atom stereocenters. The van der Waals surface area contributed by atoms with Crippen LogP contribution in [0.4, 0.5) is 0 Å². The van der Waals surface area contributed by atoms with Crippen LogP contribution in [0.2, 0.25) is 0 Å². The summed E-state index contributed by atoms with van der Waals surface area (Å²) in [6.07, 6.45) is 1.18. The minimum atomic E-state index is -3.64. The summed E-state index contributed by atoms with van der Waals surface area (Å²) < 4.78 is 31.0. The van der Waals surface area contributed by atoms with Crippen molar-refractivity contribution in [3.63, 3.8) is 0 Å². The van der Waals surface area contributed by atoms with Crippen molar-refractivity contribution < 1.29 is 22.7 Å². The van der Waals surface area contributed by atoms with Crippen molar-refractivity contribution in [1.29, 1.82) is 0 Å². The van der Waals surface area contributed by atoms with E-state index >= 15 is 0 Å². The smallest absolute Gasteiger partial charge is 0.307 e. The van der Waals surface area contributed by atoms with E-state index in [1.807, 2.05) is 0 Å². The first-order valence-corrected chi connectivity index (χ1v) is 9.18. The Bertz CT molecular complexity index is 627. The fourth-order valence-corrected chi connectivity index (χ4v) is 5.10. The van der Waals surface area contributed by atoms with E-state index in [2.05, 4.69) is 10.1 Å². The summed E-state index contributed by atoms with van der Waals surface area (Å²) in [5.74, 6) is -0.795. The Labute approximate surface area is 133 Å². The summed E-state index contributed by atoms with van der Waals surface area (Å²) >= 11 is 1.13. The van der Waals surface area contributed by atoms with Crippen LogP contribution in [0, 0.1) is 0 Å². The standard InChI is InChI=1S/C13H18N2O5S2/c1-20-11(16)6-7-14-13(17)10-4-2-8-15(10)22(18,19)12-5-3-9-21-12/h3,5,9-10H,2,4,6-8H2,1H3,(H,14,17)/t10-/m1/s1. The maximum absolute atomic E-state index is 12.5. The van der Waals surface area contributed by atoms with Gasteiger partial charge in [-0.05, 0) is 24.3 Å². The molecule has 1 amide bonds. The molecule has 0 aliphatic carbocycles. The topological polar surface area (TPSA) is 92.8 Å². The molecule has 1 aromatic heterocycles. The number of carbonyl (C=O) groups is 2. The predicted octanol–water partition coefficient (Wildman–Crippen LogP) is 0.581. The highest BCUT2D eigenvalue weighted by Crippen LogP contribution is 2.28. The third-order valence-electron chi connectivity index (χ3n) is 3.42. The number of nitrogens with one attached hydrogen (secondary N) is 1. The van der Waals surface area contributed by atoms with Gasteiger partial charge in [0.2, 0.25) is 5.91 Å². The molecular weight excluding hydrogens is 328 g/mol. The molecule has 122 valence electrons. The number of sulfonamides is 1. The Morgan fingerprint density at radius 2 is 2.27 bits per heavy atom. The molecule has 1 aliphatic rings. The summed E-state index contributed by atoms with van der Waals surface area (Å²) in [5, 5.41) is 4.28. The van der Waals surface area contributed by atoms with Gasteiger partial charge in [-0.25, -0.2) is 8.42 Å². The predicted molar refractivity (Wildman–Crippen MR) is 80.9 cm³/mol. The molecule has 0 aromatic carbocycles. The normalized spacial score (nSPS) is 19.0. The summed E-state index contributed by atoms with van der Waals surface area (Å²) in [6, 6.07) is 2.48. The van der Waals surface area contributed by atoms with Crippen LogP contribution in [0.15, 0.2) is 21.7 Å². The number of hydrogen-bond donors (Lipinski definition) is 1. The summed E-state index contributed by atoms with van der Waals surface area (Å²) in [6.45, 7) is 0.463. The van der Waals surface area contributed by atoms with Crippen LogP contribution in [0.5, 0.6) is 0 Å². The highest BCUT2D eigenvalue weighted by molar-refractivity contribution is 7.91. The zero-order chi connectivity index (χ0) is 16.2. The maximum atomic E-state index is 12.5. The third kappa shape index (κ3) is 3.65. The first-order valence-electron chi connectivity index (χ1n) is 6.86. The molecular formula is C13H18N2O5S2. The Morgan fingerprint density at radius 1 is 1.50 bits per heavy atom. The summed E-state index contributed by atoms with van der Waals surface area (Å²) in [4.78, 5) is 23.2. The van der Waals surface area contributed by atoms with E-state index in [4.69, 9.17) is 0 Å². The van der Waals surface area contributed by atoms with E-state index in [-0.39, 0.29) is 23.1 Å². The number of methoxy groups -OCH3 is 1. The van der Waals surface area contributed by atoms with Crippen LogP contribution in [-0.4, -0.2) is 50.8 Å². The van der Waals surface area contributed by atoms with Gasteiger partial charge in [0.05, 0.1) is 13.5 Å². The van der Waals surface area contributed by atoms with Gasteiger partial charge in [0, 0.05) is 13.1 Å². The van der Waals surface area contributed by atoms with Crippen molar-refractivity contribution in [2.75, 3.05) is 20.2 Å². The van der Waals surface area contributed by atoms with E-state index < -0.39 is 22.0 Å². The van der Waals surface area contributed by atoms with Crippen molar-refractivity contribution in [2.24, 2.45) is 0 Å². The second-order valence-electron chi connectivity index (χ2n) is 4.82. The van der Waals surface area contributed by atoms with E-state index in [9.17, 15) is 18.0 Å². The first-order chi connectivity index (χ1) is 10.5. The van der Waals surface area contributed by atoms with Gasteiger partial charge in [0.1, 0.15) is 10.3 Å². The summed E-state index contributed by atoms with van der Waals surface area (Å²) in [5.41, 5.74) is 0. The number of hydrogen-bond acceptors (Lipinski definition) is 6. The minimum absolute atomic E-state index is 0.0621. The van der Waals surface area contributed by atoms with Crippen LogP contribution in [0.1, 0.15) is 19.3 Å². The lowest BCUT2D eigenvalue weighted by Crippen LogP contribution is -2.46. The van der Waals surface area contributed by atoms with Crippen LogP contribution in [0.25, 0.3) is 0 Å². The molecule has 0 saturated carbocycles. The molecule has 1 aliphatic heterocycles. The number of rotatable bonds is 6. The van der Waals surface area contributed by atoms with Gasteiger partial charge in [-0.2, -0.15) is 4.31 Å². The number of amides is 1. The fraction of sp³-hybridized carbons (Fsp3) is 0.538. The lowest BCUT2D eigenvalue weighted by molar-refractivity contribution is -0.140. The van der Waals surface area contributed by atoms with Gasteiger partial charge in [0.25, 0.3) is 10.0 Å². The Morgan fingerprint density at radius 3 is 2.91 bits per heavy atom. The monoisotopic (exact) mass is 346 g/mol. The maximum Gasteiger partial charge on any atom is 0.307 e. The lowest BCUT2D eigenvalue weighted by Gasteiger charge is -2.22. The Kier molecular flexibility index (Phi) is 5.54. The quantitative estimate of drug-likeness (QED) is 0.761. The van der Waals surface area contributed by atoms with Gasteiger partial charge < -0.3 is 10.1 Å². The van der Waals surface area contributed by atoms with Gasteiger partial charge in [-0.1, -0.05) is 6.07 Å². The number of carbonyl (C=O) groups excluding carboxylic acids is 2. The Balaban J connectivity index is 2.01. The van der Waals surface area contributed by atoms with Crippen LogP contribution in [-0.2, 0) is 24.3 Å². The molecule has 22 heavy (non-hydrogen) atoms. The van der Waals surface area contributed by atoms with Crippen molar-refractivity contribution in [3.8, 4) is 0 Å². The van der Waals surface area contributed by atoms with Gasteiger partial charge in [-0.15, -0.1) is 11.3 Å². The number of thiophene rings is 1. The first kappa shape index (κ1) is 16.9. The molecule has 7 nitrogen and oxygen atoms in total. The molecule has 1 N–H and O–H groups in total. The Hall–Kier alpha value is -1.45. The SMILES string of the molecule is COC(=O)CCNC(=O)[C@H]1CCCN1S(=O)(=O)c1cccs1. The molecule has 1 aromatic rings. The van der Waals surface area contributed by atoms with Gasteiger partial charge in [-0.3, -0.25) is 9.59 Å². The van der Waals surface area contributed by atoms with Crippen molar-refractivity contribution in [3.05, 3.63) is 17.5 Å². The zero-order valence-corrected chi connectivity index (χ0v) is 13.8. The average molecular weight is 346 g/mol. The number of nitrogens with zero attached hydrogens (tertiary/aromatic N) is 1. The van der Waals surface area contributed by atoms with E-state index in [1.165, 1.54) is 17.5 Å². The van der Waals surface area contributed by atoms with Crippen LogP contribution < -0.4 is 5.32 Å². The molecule has 2 rings (SSSR count). The molecule has 1 fully saturated rings. The minimum Gasteiger partial charge on any atom is -0.469 e. The third-order valence-corrected chi connectivity index (χ3v) is 6.70. The molecule has 0 unspecified atom stereocenters. The average Bonchev–Trinajstić information content (AvgIpc) is 3.18. The van der Waals surface area contributed by atoms with Crippen molar-refractivity contribution in [2.45, 2.75) is 29.5 Å². The van der Waals surface area contributed by atoms with Crippen molar-refractivity contribution >= 4 is 33.2 Å². The lowest BCUT2D eigenvalue weighted by atomic mass is 10.2. The second-order valence-corrected chi connectivity index (χ2v) is 7.89. The largest absolute Gasteiger partial charge is 0.469 e.